The number of thiophene rings is 1. The lowest BCUT2D eigenvalue weighted by Crippen LogP contribution is -2.36. The molecule has 1 aromatic carbocycles. The number of likely N-dealkylation sites (N-methyl/N-ethyl adjacent to an activating group) is 1. The predicted octanol–water partition coefficient (Wildman–Crippen LogP) is 4.22. The number of halogens is 1. The minimum Gasteiger partial charge on any atom is -0.390 e. The van der Waals surface area contributed by atoms with Crippen LogP contribution in [0.25, 0.3) is 0 Å². The first-order chi connectivity index (χ1) is 17.0. The van der Waals surface area contributed by atoms with Crippen LogP contribution in [0.3, 0.4) is 0 Å². The molecule has 1 aromatic heterocycles. The number of nitrogens with one attached hydrogen (secondary N) is 2. The standard InChI is InChI=1S/C25H32ClN5O3S/c1-30(12-13-33-2)21-14-17(24(27)31-10-4-3-5-11-31)6-7-19(21)20-15-18(34-29-20)16-28-25(32)22-8-9-23(26)35-22/h6-9,14,18,27H,3-5,10-13,15-16H2,1-2H3,(H,28,32). The number of nitrogens with zero attached hydrogens (tertiary/aromatic N) is 3. The van der Waals surface area contributed by atoms with Crippen LogP contribution >= 0.6 is 22.9 Å². The molecule has 35 heavy (non-hydrogen) atoms. The van der Waals surface area contributed by atoms with Crippen molar-refractivity contribution in [2.45, 2.75) is 31.8 Å². The van der Waals surface area contributed by atoms with Crippen LogP contribution in [-0.2, 0) is 9.57 Å². The minimum absolute atomic E-state index is 0.167. The molecule has 2 aliphatic heterocycles. The van der Waals surface area contributed by atoms with Gasteiger partial charge in [0.05, 0.1) is 28.1 Å². The van der Waals surface area contributed by atoms with Crippen molar-refractivity contribution in [3.05, 3.63) is 50.7 Å². The molecule has 8 nitrogen and oxygen atoms in total. The first-order valence-electron chi connectivity index (χ1n) is 11.9. The molecular formula is C25H32ClN5O3S. The van der Waals surface area contributed by atoms with E-state index >= 15 is 0 Å². The Bertz CT molecular complexity index is 1080. The van der Waals surface area contributed by atoms with Crippen LogP contribution in [0.4, 0.5) is 5.69 Å². The third kappa shape index (κ3) is 6.34. The van der Waals surface area contributed by atoms with Gasteiger partial charge < -0.3 is 24.7 Å². The van der Waals surface area contributed by atoms with Crippen molar-refractivity contribution in [2.75, 3.05) is 51.8 Å². The van der Waals surface area contributed by atoms with E-state index in [4.69, 9.17) is 26.6 Å². The van der Waals surface area contributed by atoms with Crippen molar-refractivity contribution in [3.63, 3.8) is 0 Å². The number of hydrogen-bond acceptors (Lipinski definition) is 7. The van der Waals surface area contributed by atoms with Gasteiger partial charge in [-0.3, -0.25) is 10.2 Å². The van der Waals surface area contributed by atoms with Gasteiger partial charge in [-0.25, -0.2) is 0 Å². The highest BCUT2D eigenvalue weighted by molar-refractivity contribution is 7.18. The number of carbonyl (C=O) groups is 1. The first-order valence-corrected chi connectivity index (χ1v) is 13.1. The Labute approximate surface area is 215 Å². The molecule has 0 spiro atoms. The SMILES string of the molecule is COCCN(C)c1cc(C(=N)N2CCCCC2)ccc1C1=NOC(CNC(=O)c2ccc(Cl)s2)C1. The molecule has 1 saturated heterocycles. The second-order valence-electron chi connectivity index (χ2n) is 8.83. The normalized spacial score (nSPS) is 17.6. The second-order valence-corrected chi connectivity index (χ2v) is 10.5. The number of carbonyl (C=O) groups excluding carboxylic acids is 1. The summed E-state index contributed by atoms with van der Waals surface area (Å²) in [6.45, 7) is 3.52. The van der Waals surface area contributed by atoms with Crippen molar-refractivity contribution in [2.24, 2.45) is 5.16 Å². The Kier molecular flexibility index (Phi) is 8.64. The highest BCUT2D eigenvalue weighted by Crippen LogP contribution is 2.28. The molecule has 2 aliphatic rings. The molecule has 2 N–H and O–H groups in total. The highest BCUT2D eigenvalue weighted by Gasteiger charge is 2.26. The van der Waals surface area contributed by atoms with Crippen LogP contribution in [0.15, 0.2) is 35.5 Å². The van der Waals surface area contributed by atoms with Gasteiger partial charge in [0.2, 0.25) is 0 Å². The zero-order chi connectivity index (χ0) is 24.8. The number of amides is 1. The van der Waals surface area contributed by atoms with Crippen molar-refractivity contribution in [1.82, 2.24) is 10.2 Å². The van der Waals surface area contributed by atoms with Crippen molar-refractivity contribution in [3.8, 4) is 0 Å². The summed E-state index contributed by atoms with van der Waals surface area (Å²) in [4.78, 5) is 22.9. The minimum atomic E-state index is -0.243. The first kappa shape index (κ1) is 25.5. The number of rotatable bonds is 9. The maximum absolute atomic E-state index is 12.3. The van der Waals surface area contributed by atoms with Gasteiger partial charge in [-0.2, -0.15) is 0 Å². The third-order valence-corrected chi connectivity index (χ3v) is 7.55. The number of benzene rings is 1. The van der Waals surface area contributed by atoms with Crippen LogP contribution < -0.4 is 10.2 Å². The van der Waals surface area contributed by atoms with E-state index in [2.05, 4.69) is 26.3 Å². The maximum Gasteiger partial charge on any atom is 0.261 e. The summed E-state index contributed by atoms with van der Waals surface area (Å²) in [5, 5.41) is 16.0. The van der Waals surface area contributed by atoms with Gasteiger partial charge in [0.1, 0.15) is 11.9 Å². The summed E-state index contributed by atoms with van der Waals surface area (Å²) in [5.41, 5.74) is 3.69. The van der Waals surface area contributed by atoms with Gasteiger partial charge in [0.25, 0.3) is 5.91 Å². The van der Waals surface area contributed by atoms with Gasteiger partial charge in [-0.1, -0.05) is 28.9 Å². The average Bonchev–Trinajstić information content (AvgIpc) is 3.54. The van der Waals surface area contributed by atoms with Gasteiger partial charge in [0, 0.05) is 57.0 Å². The topological polar surface area (TPSA) is 90.2 Å². The van der Waals surface area contributed by atoms with E-state index in [1.165, 1.54) is 17.8 Å². The smallest absolute Gasteiger partial charge is 0.261 e. The maximum atomic E-state index is 12.3. The second kappa shape index (κ2) is 11.9. The third-order valence-electron chi connectivity index (χ3n) is 6.32. The Morgan fingerprint density at radius 3 is 2.83 bits per heavy atom. The molecule has 2 aromatic rings. The van der Waals surface area contributed by atoms with Crippen LogP contribution in [-0.4, -0.2) is 75.4 Å². The largest absolute Gasteiger partial charge is 0.390 e. The van der Waals surface area contributed by atoms with E-state index in [-0.39, 0.29) is 12.0 Å². The van der Waals surface area contributed by atoms with Crippen molar-refractivity contribution < 1.29 is 14.4 Å². The molecule has 3 heterocycles. The number of oxime groups is 1. The molecule has 0 bridgehead atoms. The highest BCUT2D eigenvalue weighted by atomic mass is 35.5. The molecule has 1 fully saturated rings. The van der Waals surface area contributed by atoms with Gasteiger partial charge in [-0.05, 0) is 37.5 Å². The lowest BCUT2D eigenvalue weighted by Gasteiger charge is -2.30. The molecule has 0 aliphatic carbocycles. The van der Waals surface area contributed by atoms with E-state index in [1.54, 1.807) is 19.2 Å². The molecule has 0 saturated carbocycles. The fourth-order valence-corrected chi connectivity index (χ4v) is 5.27. The number of likely N-dealkylation sites (tertiary alicyclic amines) is 1. The summed E-state index contributed by atoms with van der Waals surface area (Å²) in [5.74, 6) is 0.399. The molecule has 1 unspecified atom stereocenters. The van der Waals surface area contributed by atoms with E-state index in [1.807, 2.05) is 19.2 Å². The number of hydrogen-bond donors (Lipinski definition) is 2. The van der Waals surface area contributed by atoms with E-state index in [0.29, 0.717) is 41.2 Å². The fraction of sp³-hybridized carbons (Fsp3) is 0.480. The summed E-state index contributed by atoms with van der Waals surface area (Å²) >= 11 is 7.18. The van der Waals surface area contributed by atoms with Crippen LogP contribution in [0.5, 0.6) is 0 Å². The summed E-state index contributed by atoms with van der Waals surface area (Å²) in [7, 11) is 3.71. The van der Waals surface area contributed by atoms with Crippen LogP contribution in [0.2, 0.25) is 4.34 Å². The fourth-order valence-electron chi connectivity index (χ4n) is 4.31. The lowest BCUT2D eigenvalue weighted by molar-refractivity contribution is 0.0755. The Morgan fingerprint density at radius 2 is 2.11 bits per heavy atom. The van der Waals surface area contributed by atoms with Gasteiger partial charge in [0.15, 0.2) is 0 Å². The van der Waals surface area contributed by atoms with Gasteiger partial charge in [-0.15, -0.1) is 11.3 Å². The van der Waals surface area contributed by atoms with E-state index < -0.39 is 0 Å². The Balaban J connectivity index is 1.46. The van der Waals surface area contributed by atoms with Crippen LogP contribution in [0, 0.1) is 5.41 Å². The Morgan fingerprint density at radius 1 is 1.31 bits per heavy atom. The summed E-state index contributed by atoms with van der Waals surface area (Å²) in [6, 6.07) is 9.52. The van der Waals surface area contributed by atoms with Crippen molar-refractivity contribution >= 4 is 46.1 Å². The van der Waals surface area contributed by atoms with Crippen molar-refractivity contribution in [1.29, 1.82) is 5.41 Å². The van der Waals surface area contributed by atoms with Gasteiger partial charge >= 0.3 is 0 Å². The van der Waals surface area contributed by atoms with Crippen LogP contribution in [0.1, 0.15) is 46.5 Å². The number of amidine groups is 1. The zero-order valence-corrected chi connectivity index (χ0v) is 21.8. The summed E-state index contributed by atoms with van der Waals surface area (Å²) in [6.07, 6.45) is 3.84. The number of piperidine rings is 1. The number of ether oxygens (including phenoxy) is 1. The van der Waals surface area contributed by atoms with E-state index in [0.717, 1.165) is 48.5 Å². The lowest BCUT2D eigenvalue weighted by atomic mass is 9.99. The molecule has 188 valence electrons. The number of methoxy groups -OCH3 is 1. The Hall–Kier alpha value is -2.62. The molecular weight excluding hydrogens is 486 g/mol. The molecule has 4 rings (SSSR count). The zero-order valence-electron chi connectivity index (χ0n) is 20.2. The quantitative estimate of drug-likeness (QED) is 0.384. The predicted molar refractivity (Wildman–Crippen MR) is 142 cm³/mol. The molecule has 1 amide bonds. The monoisotopic (exact) mass is 517 g/mol. The molecule has 0 radical (unpaired) electrons. The average molecular weight is 518 g/mol. The van der Waals surface area contributed by atoms with E-state index in [9.17, 15) is 4.79 Å². The summed E-state index contributed by atoms with van der Waals surface area (Å²) < 4.78 is 5.87. The molecule has 10 heteroatoms. The molecule has 1 atom stereocenters. The number of anilines is 1.